The number of anilines is 1. The Morgan fingerprint density at radius 3 is 2.81 bits per heavy atom. The van der Waals surface area contributed by atoms with Crippen LogP contribution in [0.25, 0.3) is 10.9 Å². The lowest BCUT2D eigenvalue weighted by Gasteiger charge is -2.12. The van der Waals surface area contributed by atoms with Gasteiger partial charge in [-0.1, -0.05) is 12.1 Å². The maximum absolute atomic E-state index is 12.8. The lowest BCUT2D eigenvalue weighted by Crippen LogP contribution is -2.24. The van der Waals surface area contributed by atoms with Crippen molar-refractivity contribution in [2.45, 2.75) is 13.0 Å². The highest BCUT2D eigenvalue weighted by Crippen LogP contribution is 2.24. The molecule has 0 amide bonds. The van der Waals surface area contributed by atoms with Crippen LogP contribution >= 0.6 is 0 Å². The van der Waals surface area contributed by atoms with E-state index >= 15 is 0 Å². The number of rotatable bonds is 7. The molecule has 8 heteroatoms. The fourth-order valence-electron chi connectivity index (χ4n) is 2.61. The van der Waals surface area contributed by atoms with Crippen LogP contribution < -0.4 is 11.0 Å². The van der Waals surface area contributed by atoms with E-state index in [0.29, 0.717) is 42.0 Å². The number of aromatic hydroxyl groups is 2. The minimum atomic E-state index is -0.237. The van der Waals surface area contributed by atoms with Crippen LogP contribution in [-0.2, 0) is 11.3 Å². The molecular weight excluding hydrogens is 348 g/mol. The van der Waals surface area contributed by atoms with Crippen molar-refractivity contribution in [3.05, 3.63) is 58.4 Å². The molecule has 0 unspecified atom stereocenters. The number of phenols is 2. The number of hydrazone groups is 1. The molecule has 8 nitrogen and oxygen atoms in total. The lowest BCUT2D eigenvalue weighted by atomic mass is 10.2. The maximum atomic E-state index is 12.8. The summed E-state index contributed by atoms with van der Waals surface area (Å²) in [6, 6.07) is 11.5. The molecule has 27 heavy (non-hydrogen) atoms. The Balaban J connectivity index is 1.91. The van der Waals surface area contributed by atoms with Crippen LogP contribution in [0.1, 0.15) is 12.0 Å². The number of hydrogen-bond donors (Lipinski definition) is 3. The molecule has 1 heterocycles. The number of nitrogens with zero attached hydrogens (tertiary/aromatic N) is 3. The van der Waals surface area contributed by atoms with Crippen molar-refractivity contribution in [1.29, 1.82) is 0 Å². The van der Waals surface area contributed by atoms with E-state index in [1.165, 1.54) is 22.9 Å². The predicted octanol–water partition coefficient (Wildman–Crippen LogP) is 2.29. The molecule has 3 aromatic rings. The van der Waals surface area contributed by atoms with Gasteiger partial charge in [0, 0.05) is 20.3 Å². The summed E-state index contributed by atoms with van der Waals surface area (Å²) in [6.07, 6.45) is 2.11. The third-order valence-electron chi connectivity index (χ3n) is 3.97. The molecular formula is C19H20N4O4. The van der Waals surface area contributed by atoms with Gasteiger partial charge in [-0.25, -0.2) is 10.4 Å². The Morgan fingerprint density at radius 2 is 2.04 bits per heavy atom. The second-order valence-electron chi connectivity index (χ2n) is 5.87. The highest BCUT2D eigenvalue weighted by atomic mass is 16.5. The summed E-state index contributed by atoms with van der Waals surface area (Å²) in [6.45, 7) is 0.955. The van der Waals surface area contributed by atoms with Gasteiger partial charge in [-0.05, 0) is 42.3 Å². The number of ether oxygens (including phenoxy) is 1. The molecule has 0 aliphatic rings. The van der Waals surface area contributed by atoms with Crippen molar-refractivity contribution in [3.63, 3.8) is 0 Å². The first-order valence-corrected chi connectivity index (χ1v) is 8.39. The van der Waals surface area contributed by atoms with Gasteiger partial charge < -0.3 is 14.9 Å². The number of benzene rings is 2. The first kappa shape index (κ1) is 18.4. The summed E-state index contributed by atoms with van der Waals surface area (Å²) in [5.41, 5.74) is 3.79. The molecule has 0 atom stereocenters. The monoisotopic (exact) mass is 368 g/mol. The molecule has 1 aromatic heterocycles. The van der Waals surface area contributed by atoms with Crippen LogP contribution in [0.5, 0.6) is 11.5 Å². The predicted molar refractivity (Wildman–Crippen MR) is 103 cm³/mol. The fourth-order valence-corrected chi connectivity index (χ4v) is 2.61. The number of phenolic OH excluding ortho intramolecular Hbond substituents is 2. The standard InChI is InChI=1S/C19H20N4O4/c1-27-10-4-9-23-18(26)14-5-2-3-6-15(14)21-19(23)22-20-12-13-7-8-16(24)17(25)11-13/h2-3,5-8,11-12,24-25H,4,9-10H2,1H3,(H,21,22)/b20-12+. The molecule has 140 valence electrons. The molecule has 0 radical (unpaired) electrons. The SMILES string of the molecule is COCCCn1c(N/N=C/c2ccc(O)c(O)c2)nc2ccccc2c1=O. The Hall–Kier alpha value is -3.39. The average molecular weight is 368 g/mol. The van der Waals surface area contributed by atoms with Crippen LogP contribution in [0.2, 0.25) is 0 Å². The van der Waals surface area contributed by atoms with E-state index in [-0.39, 0.29) is 17.1 Å². The van der Waals surface area contributed by atoms with Crippen molar-refractivity contribution in [1.82, 2.24) is 9.55 Å². The number of para-hydroxylation sites is 1. The second kappa shape index (κ2) is 8.33. The van der Waals surface area contributed by atoms with Gasteiger partial charge in [0.15, 0.2) is 11.5 Å². The minimum Gasteiger partial charge on any atom is -0.504 e. The van der Waals surface area contributed by atoms with Gasteiger partial charge in [0.2, 0.25) is 5.95 Å². The smallest absolute Gasteiger partial charge is 0.262 e. The van der Waals surface area contributed by atoms with Gasteiger partial charge >= 0.3 is 0 Å². The molecule has 2 aromatic carbocycles. The summed E-state index contributed by atoms with van der Waals surface area (Å²) < 4.78 is 6.58. The quantitative estimate of drug-likeness (QED) is 0.255. The number of fused-ring (bicyclic) bond motifs is 1. The van der Waals surface area contributed by atoms with E-state index in [0.717, 1.165) is 0 Å². The minimum absolute atomic E-state index is 0.156. The normalized spacial score (nSPS) is 11.3. The van der Waals surface area contributed by atoms with Crippen molar-refractivity contribution in [3.8, 4) is 11.5 Å². The van der Waals surface area contributed by atoms with Gasteiger partial charge in [0.05, 0.1) is 17.1 Å². The average Bonchev–Trinajstić information content (AvgIpc) is 2.67. The number of nitrogens with one attached hydrogen (secondary N) is 1. The Morgan fingerprint density at radius 1 is 1.22 bits per heavy atom. The van der Waals surface area contributed by atoms with E-state index in [9.17, 15) is 15.0 Å². The van der Waals surface area contributed by atoms with E-state index in [4.69, 9.17) is 4.74 Å². The second-order valence-corrected chi connectivity index (χ2v) is 5.87. The molecule has 3 rings (SSSR count). The number of aromatic nitrogens is 2. The van der Waals surface area contributed by atoms with Crippen molar-refractivity contribution in [2.24, 2.45) is 5.10 Å². The lowest BCUT2D eigenvalue weighted by molar-refractivity contribution is 0.190. The van der Waals surface area contributed by atoms with Crippen molar-refractivity contribution >= 4 is 23.1 Å². The molecule has 0 bridgehead atoms. The molecule has 0 saturated carbocycles. The van der Waals surface area contributed by atoms with Gasteiger partial charge in [0.1, 0.15) is 0 Å². The zero-order chi connectivity index (χ0) is 19.2. The highest BCUT2D eigenvalue weighted by Gasteiger charge is 2.10. The number of hydrogen-bond acceptors (Lipinski definition) is 7. The zero-order valence-electron chi connectivity index (χ0n) is 14.8. The van der Waals surface area contributed by atoms with Crippen LogP contribution in [0.15, 0.2) is 52.4 Å². The molecule has 0 fully saturated rings. The Bertz CT molecular complexity index is 1030. The first-order chi connectivity index (χ1) is 13.1. The molecule has 3 N–H and O–H groups in total. The van der Waals surface area contributed by atoms with E-state index in [2.05, 4.69) is 15.5 Å². The topological polar surface area (TPSA) is 109 Å². The van der Waals surface area contributed by atoms with Crippen molar-refractivity contribution in [2.75, 3.05) is 19.1 Å². The van der Waals surface area contributed by atoms with Crippen LogP contribution in [0.4, 0.5) is 5.95 Å². The zero-order valence-corrected chi connectivity index (χ0v) is 14.8. The largest absolute Gasteiger partial charge is 0.504 e. The van der Waals surface area contributed by atoms with Gasteiger partial charge in [0.25, 0.3) is 5.56 Å². The van der Waals surface area contributed by atoms with E-state index < -0.39 is 0 Å². The Kier molecular flexibility index (Phi) is 5.68. The van der Waals surface area contributed by atoms with Crippen molar-refractivity contribution < 1.29 is 14.9 Å². The summed E-state index contributed by atoms with van der Waals surface area (Å²) in [5.74, 6) is -0.128. The highest BCUT2D eigenvalue weighted by molar-refractivity contribution is 5.82. The molecule has 0 aliphatic carbocycles. The maximum Gasteiger partial charge on any atom is 0.262 e. The fraction of sp³-hybridized carbons (Fsp3) is 0.211. The summed E-state index contributed by atoms with van der Waals surface area (Å²) >= 11 is 0. The summed E-state index contributed by atoms with van der Waals surface area (Å²) in [7, 11) is 1.61. The number of methoxy groups -OCH3 is 1. The summed E-state index contributed by atoms with van der Waals surface area (Å²) in [5, 5.41) is 23.5. The molecule has 0 spiro atoms. The van der Waals surface area contributed by atoms with E-state index in [1.807, 2.05) is 6.07 Å². The summed E-state index contributed by atoms with van der Waals surface area (Å²) in [4.78, 5) is 17.3. The Labute approximate surface area is 155 Å². The van der Waals surface area contributed by atoms with Gasteiger partial charge in [-0.2, -0.15) is 5.10 Å². The van der Waals surface area contributed by atoms with E-state index in [1.54, 1.807) is 31.4 Å². The third-order valence-corrected chi connectivity index (χ3v) is 3.97. The van der Waals surface area contributed by atoms with Crippen LogP contribution in [-0.4, -0.2) is 39.7 Å². The molecule has 0 saturated heterocycles. The third kappa shape index (κ3) is 4.24. The van der Waals surface area contributed by atoms with Gasteiger partial charge in [-0.3, -0.25) is 9.36 Å². The first-order valence-electron chi connectivity index (χ1n) is 8.39. The van der Waals surface area contributed by atoms with Crippen LogP contribution in [0, 0.1) is 0 Å². The van der Waals surface area contributed by atoms with Gasteiger partial charge in [-0.15, -0.1) is 0 Å². The molecule has 0 aliphatic heterocycles. The van der Waals surface area contributed by atoms with Crippen LogP contribution in [0.3, 0.4) is 0 Å².